The Morgan fingerprint density at radius 2 is 0.895 bits per heavy atom. The zero-order valence-corrected chi connectivity index (χ0v) is 23.9. The van der Waals surface area contributed by atoms with Gasteiger partial charge in [-0.1, -0.05) is 65.5 Å². The van der Waals surface area contributed by atoms with Crippen LogP contribution in [-0.2, 0) is 0 Å². The minimum atomic E-state index is -1.21. The second-order valence-corrected chi connectivity index (χ2v) is 10.9. The van der Waals surface area contributed by atoms with Crippen molar-refractivity contribution in [3.63, 3.8) is 0 Å². The third kappa shape index (κ3) is 6.95. The van der Waals surface area contributed by atoms with Crippen LogP contribution in [0.3, 0.4) is 0 Å². The molecule has 6 nitrogen and oxygen atoms in total. The molecule has 2 N–H and O–H groups in total. The normalized spacial score (nSPS) is 20.8. The molecule has 1 aliphatic carbocycles. The monoisotopic (exact) mass is 524 g/mol. The molecule has 3 rings (SSSR count). The second-order valence-electron chi connectivity index (χ2n) is 10.9. The summed E-state index contributed by atoms with van der Waals surface area (Å²) in [5, 5.41) is 48.3. The molecule has 0 aromatic heterocycles. The minimum absolute atomic E-state index is 0.0210. The molecular weight excluding hydrogens is 476 g/mol. The third-order valence-electron chi connectivity index (χ3n) is 8.02. The van der Waals surface area contributed by atoms with Crippen molar-refractivity contribution in [2.75, 3.05) is 36.0 Å². The summed E-state index contributed by atoms with van der Waals surface area (Å²) in [6.45, 7) is 12.3. The highest BCUT2D eigenvalue weighted by Crippen LogP contribution is 2.50. The van der Waals surface area contributed by atoms with E-state index < -0.39 is 24.0 Å². The molecule has 0 amide bonds. The highest BCUT2D eigenvalue weighted by Gasteiger charge is 2.40. The van der Waals surface area contributed by atoms with Crippen molar-refractivity contribution in [2.45, 2.75) is 103 Å². The van der Waals surface area contributed by atoms with E-state index in [-0.39, 0.29) is 11.5 Å². The standard InChI is InChI=1S/C32H48N2O4/c1-5-9-17-33(18-10-6-2)23-13-15-25(27(35)21-23)29-31(37)30(32(29)38)26-16-14-24(22-28(26)36)34(19-11-7-3)20-12-8-4/h13-16,21-22,29-32,35-36H,5-12,17-20H2,1-4H3/q-2. The maximum Gasteiger partial charge on any atom is 0.121 e. The molecule has 1 fully saturated rings. The Morgan fingerprint density at radius 3 is 1.16 bits per heavy atom. The van der Waals surface area contributed by atoms with Crippen LogP contribution in [-0.4, -0.2) is 48.6 Å². The Bertz CT molecular complexity index is 894. The first-order valence-electron chi connectivity index (χ1n) is 14.8. The lowest BCUT2D eigenvalue weighted by molar-refractivity contribution is -0.536. The van der Waals surface area contributed by atoms with E-state index in [4.69, 9.17) is 0 Å². The smallest absolute Gasteiger partial charge is 0.121 e. The number of hydrogen-bond donors (Lipinski definition) is 2. The number of nitrogens with zero attached hydrogens (tertiary/aromatic N) is 2. The van der Waals surface area contributed by atoms with Gasteiger partial charge in [-0.25, -0.2) is 0 Å². The molecule has 0 saturated heterocycles. The fourth-order valence-corrected chi connectivity index (χ4v) is 5.54. The topological polar surface area (TPSA) is 93.1 Å². The SMILES string of the molecule is CCCCN(CCCC)c1ccc(C2C([O-])C(c3ccc(N(CCCC)CCCC)cc3O)C2[O-])c(O)c1. The second kappa shape index (κ2) is 14.6. The lowest BCUT2D eigenvalue weighted by atomic mass is 9.63. The molecule has 2 aromatic rings. The fourth-order valence-electron chi connectivity index (χ4n) is 5.54. The van der Waals surface area contributed by atoms with E-state index in [1.807, 2.05) is 12.1 Å². The molecule has 0 bridgehead atoms. The summed E-state index contributed by atoms with van der Waals surface area (Å²) in [5.41, 5.74) is 2.71. The fraction of sp³-hybridized carbons (Fsp3) is 0.625. The van der Waals surface area contributed by atoms with Gasteiger partial charge in [0.2, 0.25) is 0 Å². The molecule has 0 radical (unpaired) electrons. The van der Waals surface area contributed by atoms with Crippen LogP contribution >= 0.6 is 0 Å². The van der Waals surface area contributed by atoms with Crippen LogP contribution in [0.4, 0.5) is 11.4 Å². The maximum absolute atomic E-state index is 13.3. The summed E-state index contributed by atoms with van der Waals surface area (Å²) in [4.78, 5) is 4.54. The summed E-state index contributed by atoms with van der Waals surface area (Å²) in [7, 11) is 0. The van der Waals surface area contributed by atoms with Gasteiger partial charge >= 0.3 is 0 Å². The lowest BCUT2D eigenvalue weighted by Gasteiger charge is -2.61. The summed E-state index contributed by atoms with van der Waals surface area (Å²) >= 11 is 0. The Balaban J connectivity index is 1.76. The van der Waals surface area contributed by atoms with Crippen molar-refractivity contribution in [3.8, 4) is 11.5 Å². The number of phenols is 2. The summed E-state index contributed by atoms with van der Waals surface area (Å²) in [6, 6.07) is 10.8. The highest BCUT2D eigenvalue weighted by molar-refractivity contribution is 5.58. The predicted molar refractivity (Wildman–Crippen MR) is 153 cm³/mol. The van der Waals surface area contributed by atoms with Crippen LogP contribution in [0.1, 0.15) is 102 Å². The van der Waals surface area contributed by atoms with Gasteiger partial charge in [0.15, 0.2) is 0 Å². The van der Waals surface area contributed by atoms with Crippen LogP contribution in [0.5, 0.6) is 11.5 Å². The number of aromatic hydroxyl groups is 2. The third-order valence-corrected chi connectivity index (χ3v) is 8.02. The van der Waals surface area contributed by atoms with Gasteiger partial charge in [0.25, 0.3) is 0 Å². The number of hydrogen-bond acceptors (Lipinski definition) is 6. The maximum atomic E-state index is 13.3. The molecule has 38 heavy (non-hydrogen) atoms. The van der Waals surface area contributed by atoms with E-state index in [0.29, 0.717) is 11.1 Å². The number of anilines is 2. The van der Waals surface area contributed by atoms with E-state index in [1.165, 1.54) is 0 Å². The van der Waals surface area contributed by atoms with Crippen molar-refractivity contribution in [1.29, 1.82) is 0 Å². The molecule has 1 saturated carbocycles. The first-order valence-corrected chi connectivity index (χ1v) is 14.8. The first-order chi connectivity index (χ1) is 18.4. The van der Waals surface area contributed by atoms with Crippen molar-refractivity contribution >= 4 is 11.4 Å². The lowest BCUT2D eigenvalue weighted by Crippen LogP contribution is -2.63. The van der Waals surface area contributed by atoms with Crippen LogP contribution in [0.25, 0.3) is 0 Å². The average molecular weight is 525 g/mol. The van der Waals surface area contributed by atoms with E-state index in [1.54, 1.807) is 24.3 Å². The van der Waals surface area contributed by atoms with Gasteiger partial charge in [0, 0.05) is 49.7 Å². The molecule has 212 valence electrons. The van der Waals surface area contributed by atoms with Crippen LogP contribution < -0.4 is 20.0 Å². The molecule has 0 heterocycles. The van der Waals surface area contributed by atoms with Gasteiger partial charge in [-0.05, 0) is 60.8 Å². The number of phenolic OH excluding ortho intramolecular Hbond substituents is 2. The quantitative estimate of drug-likeness (QED) is 0.312. The molecule has 2 aromatic carbocycles. The summed E-state index contributed by atoms with van der Waals surface area (Å²) < 4.78 is 0. The summed E-state index contributed by atoms with van der Waals surface area (Å²) in [6.07, 6.45) is 6.22. The number of benzene rings is 2. The Labute approximate surface area is 229 Å². The zero-order valence-electron chi connectivity index (χ0n) is 23.9. The molecule has 0 aliphatic heterocycles. The average Bonchev–Trinajstić information content (AvgIpc) is 2.91. The Kier molecular flexibility index (Phi) is 11.6. The minimum Gasteiger partial charge on any atom is -0.851 e. The summed E-state index contributed by atoms with van der Waals surface area (Å²) in [5.74, 6) is -1.60. The van der Waals surface area contributed by atoms with Crippen LogP contribution in [0.15, 0.2) is 36.4 Å². The molecule has 6 heteroatoms. The van der Waals surface area contributed by atoms with E-state index in [2.05, 4.69) is 37.5 Å². The van der Waals surface area contributed by atoms with Gasteiger partial charge in [0.1, 0.15) is 11.5 Å². The van der Waals surface area contributed by atoms with Gasteiger partial charge in [0.05, 0.1) is 0 Å². The Morgan fingerprint density at radius 1 is 0.579 bits per heavy atom. The first kappa shape index (κ1) is 30.1. The molecule has 0 unspecified atom stereocenters. The van der Waals surface area contributed by atoms with E-state index in [0.717, 1.165) is 88.9 Å². The van der Waals surface area contributed by atoms with Crippen molar-refractivity contribution in [2.24, 2.45) is 0 Å². The molecule has 0 atom stereocenters. The number of unbranched alkanes of at least 4 members (excludes halogenated alkanes) is 4. The largest absolute Gasteiger partial charge is 0.851 e. The predicted octanol–water partition coefficient (Wildman–Crippen LogP) is 5.25. The van der Waals surface area contributed by atoms with E-state index in [9.17, 15) is 20.4 Å². The van der Waals surface area contributed by atoms with E-state index >= 15 is 0 Å². The van der Waals surface area contributed by atoms with Crippen molar-refractivity contribution in [1.82, 2.24) is 0 Å². The van der Waals surface area contributed by atoms with Gasteiger partial charge in [-0.3, -0.25) is 0 Å². The van der Waals surface area contributed by atoms with Gasteiger partial charge < -0.3 is 30.2 Å². The molecular formula is C32H48N2O4-2. The zero-order chi connectivity index (χ0) is 27.7. The number of rotatable bonds is 16. The van der Waals surface area contributed by atoms with Crippen LogP contribution in [0.2, 0.25) is 0 Å². The van der Waals surface area contributed by atoms with Gasteiger partial charge in [-0.15, -0.1) is 12.2 Å². The molecule has 0 spiro atoms. The molecule has 1 aliphatic rings. The van der Waals surface area contributed by atoms with Crippen molar-refractivity contribution in [3.05, 3.63) is 47.5 Å². The van der Waals surface area contributed by atoms with Gasteiger partial charge in [-0.2, -0.15) is 0 Å². The van der Waals surface area contributed by atoms with Crippen molar-refractivity contribution < 1.29 is 20.4 Å². The highest BCUT2D eigenvalue weighted by atomic mass is 16.3. The Hall–Kier alpha value is -2.44. The van der Waals surface area contributed by atoms with Crippen LogP contribution in [0, 0.1) is 0 Å².